The van der Waals surface area contributed by atoms with Gasteiger partial charge in [-0.3, -0.25) is 4.79 Å². The molecule has 84 valence electrons. The van der Waals surface area contributed by atoms with Gasteiger partial charge in [-0.2, -0.15) is 0 Å². The van der Waals surface area contributed by atoms with Gasteiger partial charge in [0.15, 0.2) is 0 Å². The van der Waals surface area contributed by atoms with Gasteiger partial charge in [-0.15, -0.1) is 0 Å². The van der Waals surface area contributed by atoms with Crippen molar-refractivity contribution in [2.75, 3.05) is 5.32 Å². The number of anilines is 1. The van der Waals surface area contributed by atoms with Crippen LogP contribution in [-0.2, 0) is 9.59 Å². The zero-order valence-electron chi connectivity index (χ0n) is 8.60. The van der Waals surface area contributed by atoms with Crippen molar-refractivity contribution in [1.29, 1.82) is 0 Å². The lowest BCUT2D eigenvalue weighted by Crippen LogP contribution is -2.13. The molecule has 5 heteroatoms. The molecule has 0 heterocycles. The van der Waals surface area contributed by atoms with Gasteiger partial charge in [0.05, 0.1) is 0 Å². The molecule has 0 unspecified atom stereocenters. The molecule has 0 radical (unpaired) electrons. The van der Waals surface area contributed by atoms with E-state index >= 15 is 0 Å². The minimum absolute atomic E-state index is 0.0256. The van der Waals surface area contributed by atoms with Crippen LogP contribution in [-0.4, -0.2) is 22.1 Å². The number of aromatic hydroxyl groups is 1. The molecule has 0 aromatic heterocycles. The molecule has 1 aromatic carbocycles. The van der Waals surface area contributed by atoms with E-state index in [4.69, 9.17) is 10.2 Å². The fourth-order valence-corrected chi connectivity index (χ4v) is 1.06. The quantitative estimate of drug-likeness (QED) is 0.672. The highest BCUT2D eigenvalue weighted by Gasteiger charge is 2.06. The van der Waals surface area contributed by atoms with Gasteiger partial charge in [0.25, 0.3) is 5.91 Å². The number of phenols is 1. The first-order valence-electron chi connectivity index (χ1n) is 4.50. The zero-order chi connectivity index (χ0) is 12.1. The van der Waals surface area contributed by atoms with Gasteiger partial charge in [0.1, 0.15) is 5.75 Å². The number of rotatable bonds is 3. The second-order valence-electron chi connectivity index (χ2n) is 3.17. The zero-order valence-corrected chi connectivity index (χ0v) is 8.60. The first-order valence-corrected chi connectivity index (χ1v) is 4.50. The number of aliphatic carboxylic acids is 1. The number of carbonyl (C=O) groups excluding carboxylic acids is 1. The van der Waals surface area contributed by atoms with E-state index in [0.717, 1.165) is 6.08 Å². The average Bonchev–Trinajstić information content (AvgIpc) is 2.16. The van der Waals surface area contributed by atoms with Crippen molar-refractivity contribution in [2.24, 2.45) is 0 Å². The number of benzene rings is 1. The summed E-state index contributed by atoms with van der Waals surface area (Å²) >= 11 is 0. The second-order valence-corrected chi connectivity index (χ2v) is 3.17. The Kier molecular flexibility index (Phi) is 3.66. The number of carboxylic acid groups (broad SMARTS) is 1. The summed E-state index contributed by atoms with van der Waals surface area (Å²) in [7, 11) is 0. The lowest BCUT2D eigenvalue weighted by molar-refractivity contribution is -0.131. The molecule has 0 aliphatic heterocycles. The van der Waals surface area contributed by atoms with Crippen LogP contribution in [0.1, 0.15) is 6.92 Å². The van der Waals surface area contributed by atoms with Crippen molar-refractivity contribution in [3.8, 4) is 5.75 Å². The number of carboxylic acids is 1. The van der Waals surface area contributed by atoms with Crippen molar-refractivity contribution in [2.45, 2.75) is 6.92 Å². The smallest absolute Gasteiger partial charge is 0.328 e. The molecule has 5 nitrogen and oxygen atoms in total. The van der Waals surface area contributed by atoms with E-state index in [1.165, 1.54) is 19.1 Å². The van der Waals surface area contributed by atoms with Crippen LogP contribution in [0.15, 0.2) is 35.9 Å². The highest BCUT2D eigenvalue weighted by Crippen LogP contribution is 2.15. The number of nitrogens with one attached hydrogen (secondary N) is 1. The normalized spacial score (nSPS) is 10.9. The summed E-state index contributed by atoms with van der Waals surface area (Å²) < 4.78 is 0. The maximum absolute atomic E-state index is 11.4. The summed E-state index contributed by atoms with van der Waals surface area (Å²) in [4.78, 5) is 21.8. The van der Waals surface area contributed by atoms with Gasteiger partial charge in [-0.25, -0.2) is 4.79 Å². The maximum Gasteiger partial charge on any atom is 0.328 e. The Balaban J connectivity index is 2.75. The van der Waals surface area contributed by atoms with E-state index in [0.29, 0.717) is 5.69 Å². The lowest BCUT2D eigenvalue weighted by atomic mass is 10.2. The number of carbonyl (C=O) groups is 2. The summed E-state index contributed by atoms with van der Waals surface area (Å²) in [6.07, 6.45) is 0.818. The van der Waals surface area contributed by atoms with E-state index in [2.05, 4.69) is 5.32 Å². The predicted molar refractivity (Wildman–Crippen MR) is 58.1 cm³/mol. The maximum atomic E-state index is 11.4. The highest BCUT2D eigenvalue weighted by molar-refractivity contribution is 6.06. The van der Waals surface area contributed by atoms with Gasteiger partial charge >= 0.3 is 5.97 Å². The van der Waals surface area contributed by atoms with E-state index in [9.17, 15) is 9.59 Å². The molecule has 1 amide bonds. The molecule has 1 rings (SSSR count). The summed E-state index contributed by atoms with van der Waals surface area (Å²) in [5.74, 6) is -1.67. The Labute approximate surface area is 92.0 Å². The molecule has 0 saturated carbocycles. The molecule has 0 atom stereocenters. The summed E-state index contributed by atoms with van der Waals surface area (Å²) in [6.45, 7) is 1.40. The molecule has 0 saturated heterocycles. The third-order valence-electron chi connectivity index (χ3n) is 1.80. The molecule has 1 aromatic rings. The summed E-state index contributed by atoms with van der Waals surface area (Å²) in [6, 6.07) is 5.99. The first-order chi connectivity index (χ1) is 7.49. The van der Waals surface area contributed by atoms with E-state index in [-0.39, 0.29) is 11.3 Å². The van der Waals surface area contributed by atoms with Gasteiger partial charge in [0.2, 0.25) is 0 Å². The Morgan fingerprint density at radius 3 is 2.62 bits per heavy atom. The monoisotopic (exact) mass is 221 g/mol. The van der Waals surface area contributed by atoms with Crippen molar-refractivity contribution in [3.63, 3.8) is 0 Å². The van der Waals surface area contributed by atoms with Gasteiger partial charge in [-0.1, -0.05) is 6.07 Å². The van der Waals surface area contributed by atoms with Crippen molar-refractivity contribution in [1.82, 2.24) is 0 Å². The van der Waals surface area contributed by atoms with Crippen molar-refractivity contribution < 1.29 is 19.8 Å². The van der Waals surface area contributed by atoms with Crippen LogP contribution in [0.25, 0.3) is 0 Å². The number of phenolic OH excluding ortho intramolecular Hbond substituents is 1. The fourth-order valence-electron chi connectivity index (χ4n) is 1.06. The topological polar surface area (TPSA) is 86.6 Å². The van der Waals surface area contributed by atoms with Crippen LogP contribution < -0.4 is 5.32 Å². The highest BCUT2D eigenvalue weighted by atomic mass is 16.4. The molecule has 0 aliphatic carbocycles. The third-order valence-corrected chi connectivity index (χ3v) is 1.80. The minimum atomic E-state index is -1.18. The summed E-state index contributed by atoms with van der Waals surface area (Å²) in [5, 5.41) is 20.1. The second kappa shape index (κ2) is 4.97. The van der Waals surface area contributed by atoms with Crippen LogP contribution in [0.4, 0.5) is 5.69 Å². The van der Waals surface area contributed by atoms with E-state index < -0.39 is 11.9 Å². The third kappa shape index (κ3) is 3.45. The summed E-state index contributed by atoms with van der Waals surface area (Å²) in [5.41, 5.74) is 0.485. The largest absolute Gasteiger partial charge is 0.508 e. The minimum Gasteiger partial charge on any atom is -0.508 e. The fraction of sp³-hybridized carbons (Fsp3) is 0.0909. The Bertz CT molecular complexity index is 451. The number of hydrogen-bond donors (Lipinski definition) is 3. The van der Waals surface area contributed by atoms with Crippen molar-refractivity contribution in [3.05, 3.63) is 35.9 Å². The lowest BCUT2D eigenvalue weighted by Gasteiger charge is -2.04. The molecule has 3 N–H and O–H groups in total. The van der Waals surface area contributed by atoms with Gasteiger partial charge < -0.3 is 15.5 Å². The van der Waals surface area contributed by atoms with Crippen LogP contribution in [0, 0.1) is 0 Å². The van der Waals surface area contributed by atoms with Crippen LogP contribution in [0.2, 0.25) is 0 Å². The van der Waals surface area contributed by atoms with Gasteiger partial charge in [-0.05, 0) is 19.1 Å². The SMILES string of the molecule is C/C(=C/C(=O)O)C(=O)Nc1cccc(O)c1. The molecule has 0 fully saturated rings. The van der Waals surface area contributed by atoms with Crippen molar-refractivity contribution >= 4 is 17.6 Å². The van der Waals surface area contributed by atoms with E-state index in [1.807, 2.05) is 0 Å². The van der Waals surface area contributed by atoms with Crippen LogP contribution in [0.3, 0.4) is 0 Å². The van der Waals surface area contributed by atoms with Crippen LogP contribution >= 0.6 is 0 Å². The predicted octanol–water partition coefficient (Wildman–Crippen LogP) is 1.36. The molecule has 0 aliphatic rings. The first kappa shape index (κ1) is 11.8. The molecule has 16 heavy (non-hydrogen) atoms. The molecule has 0 spiro atoms. The number of hydrogen-bond acceptors (Lipinski definition) is 3. The average molecular weight is 221 g/mol. The Morgan fingerprint density at radius 1 is 1.38 bits per heavy atom. The van der Waals surface area contributed by atoms with Gasteiger partial charge in [0, 0.05) is 23.4 Å². The Morgan fingerprint density at radius 2 is 2.06 bits per heavy atom. The molecule has 0 bridgehead atoms. The van der Waals surface area contributed by atoms with Crippen LogP contribution in [0.5, 0.6) is 5.75 Å². The Hall–Kier alpha value is -2.30. The number of amides is 1. The van der Waals surface area contributed by atoms with E-state index in [1.54, 1.807) is 12.1 Å². The standard InChI is InChI=1S/C11H11NO4/c1-7(5-10(14)15)11(16)12-8-3-2-4-9(13)6-8/h2-6,13H,1H3,(H,12,16)(H,14,15)/b7-5-. The molecular formula is C11H11NO4. The molecular weight excluding hydrogens is 210 g/mol.